The van der Waals surface area contributed by atoms with E-state index in [1.54, 1.807) is 0 Å². The predicted octanol–water partition coefficient (Wildman–Crippen LogP) is 5.25. The highest BCUT2D eigenvalue weighted by atomic mass is 19.4. The molecule has 1 aliphatic heterocycles. The zero-order chi connectivity index (χ0) is 25.6. The van der Waals surface area contributed by atoms with Crippen LogP contribution in [0.2, 0.25) is 0 Å². The van der Waals surface area contributed by atoms with E-state index in [4.69, 9.17) is 4.74 Å². The van der Waals surface area contributed by atoms with Crippen molar-refractivity contribution in [3.63, 3.8) is 0 Å². The lowest BCUT2D eigenvalue weighted by molar-refractivity contribution is -0.137. The van der Waals surface area contributed by atoms with Gasteiger partial charge in [-0.05, 0) is 68.7 Å². The molecule has 0 atom stereocenters. The van der Waals surface area contributed by atoms with Gasteiger partial charge in [-0.1, -0.05) is 32.0 Å². The molecule has 35 heavy (non-hydrogen) atoms. The van der Waals surface area contributed by atoms with Crippen molar-refractivity contribution in [1.82, 2.24) is 15.1 Å². The number of ether oxygens (including phenoxy) is 1. The Kier molecular flexibility index (Phi) is 8.88. The minimum Gasteiger partial charge on any atom is -0.508 e. The van der Waals surface area contributed by atoms with Gasteiger partial charge in [0.1, 0.15) is 11.5 Å². The van der Waals surface area contributed by atoms with Crippen molar-refractivity contribution in [2.24, 2.45) is 5.92 Å². The number of urea groups is 1. The first-order valence-corrected chi connectivity index (χ1v) is 11.9. The van der Waals surface area contributed by atoms with E-state index in [9.17, 15) is 23.1 Å². The van der Waals surface area contributed by atoms with Gasteiger partial charge in [-0.25, -0.2) is 4.79 Å². The third-order valence-corrected chi connectivity index (χ3v) is 5.99. The van der Waals surface area contributed by atoms with Gasteiger partial charge in [0.2, 0.25) is 0 Å². The van der Waals surface area contributed by atoms with Crippen LogP contribution in [0.3, 0.4) is 0 Å². The summed E-state index contributed by atoms with van der Waals surface area (Å²) in [4.78, 5) is 16.9. The molecule has 2 N–H and O–H groups in total. The van der Waals surface area contributed by atoms with E-state index in [2.05, 4.69) is 24.1 Å². The van der Waals surface area contributed by atoms with Crippen LogP contribution in [0.5, 0.6) is 11.5 Å². The number of alkyl halides is 3. The second-order valence-corrected chi connectivity index (χ2v) is 9.57. The Labute approximate surface area is 204 Å². The molecule has 0 bridgehead atoms. The molecule has 0 aromatic heterocycles. The smallest absolute Gasteiger partial charge is 0.416 e. The summed E-state index contributed by atoms with van der Waals surface area (Å²) in [5, 5.41) is 13.3. The molecule has 0 spiro atoms. The quantitative estimate of drug-likeness (QED) is 0.527. The van der Waals surface area contributed by atoms with E-state index in [0.29, 0.717) is 18.6 Å². The fourth-order valence-corrected chi connectivity index (χ4v) is 3.87. The second-order valence-electron chi connectivity index (χ2n) is 9.57. The summed E-state index contributed by atoms with van der Waals surface area (Å²) < 4.78 is 44.7. The molecule has 0 unspecified atom stereocenters. The zero-order valence-electron chi connectivity index (χ0n) is 20.4. The minimum absolute atomic E-state index is 0.0224. The van der Waals surface area contributed by atoms with Crippen molar-refractivity contribution in [2.75, 3.05) is 26.7 Å². The highest BCUT2D eigenvalue weighted by molar-refractivity contribution is 5.74. The molecule has 2 aromatic rings. The largest absolute Gasteiger partial charge is 0.508 e. The first kappa shape index (κ1) is 26.7. The number of piperidine rings is 1. The van der Waals surface area contributed by atoms with Gasteiger partial charge >= 0.3 is 12.2 Å². The summed E-state index contributed by atoms with van der Waals surface area (Å²) >= 11 is 0. The number of phenols is 1. The van der Waals surface area contributed by atoms with Crippen molar-refractivity contribution >= 4 is 6.03 Å². The molecule has 2 aromatic carbocycles. The summed E-state index contributed by atoms with van der Waals surface area (Å²) in [6.45, 7) is 6.66. The number of phenolic OH excluding ortho intramolecular Hbond substituents is 1. The monoisotopic (exact) mass is 493 g/mol. The Morgan fingerprint density at radius 1 is 1.14 bits per heavy atom. The molecule has 0 saturated carbocycles. The SMILES string of the molecule is CC(C)COc1ccc(CN(Cc2ccc(C(F)(F)F)cc2O)C(=O)NC2CCN(C)CC2)cc1. The molecule has 9 heteroatoms. The van der Waals surface area contributed by atoms with Crippen LogP contribution in [0.15, 0.2) is 42.5 Å². The second kappa shape index (κ2) is 11.7. The van der Waals surface area contributed by atoms with Crippen LogP contribution >= 0.6 is 0 Å². The van der Waals surface area contributed by atoms with Crippen LogP contribution in [0.1, 0.15) is 43.4 Å². The number of hydrogen-bond acceptors (Lipinski definition) is 4. The van der Waals surface area contributed by atoms with E-state index in [-0.39, 0.29) is 30.7 Å². The predicted molar refractivity (Wildman–Crippen MR) is 128 cm³/mol. The molecule has 0 aliphatic carbocycles. The fraction of sp³-hybridized carbons (Fsp3) is 0.500. The lowest BCUT2D eigenvalue weighted by Gasteiger charge is -2.32. The van der Waals surface area contributed by atoms with Gasteiger partial charge in [-0.15, -0.1) is 0 Å². The van der Waals surface area contributed by atoms with Crippen molar-refractivity contribution in [3.05, 3.63) is 59.2 Å². The number of aromatic hydroxyl groups is 1. The van der Waals surface area contributed by atoms with E-state index in [0.717, 1.165) is 43.3 Å². The lowest BCUT2D eigenvalue weighted by Crippen LogP contribution is -2.48. The highest BCUT2D eigenvalue weighted by Crippen LogP contribution is 2.33. The number of nitrogens with zero attached hydrogens (tertiary/aromatic N) is 2. The summed E-state index contributed by atoms with van der Waals surface area (Å²) in [6, 6.07) is 9.92. The van der Waals surface area contributed by atoms with Gasteiger partial charge in [-0.3, -0.25) is 0 Å². The van der Waals surface area contributed by atoms with Crippen molar-refractivity contribution < 1.29 is 27.8 Å². The zero-order valence-corrected chi connectivity index (χ0v) is 20.4. The van der Waals surface area contributed by atoms with Crippen LogP contribution in [-0.4, -0.2) is 53.7 Å². The van der Waals surface area contributed by atoms with Crippen molar-refractivity contribution in [3.8, 4) is 11.5 Å². The Morgan fingerprint density at radius 2 is 1.80 bits per heavy atom. The summed E-state index contributed by atoms with van der Waals surface area (Å²) in [5.41, 5.74) is 0.151. The van der Waals surface area contributed by atoms with E-state index in [1.165, 1.54) is 11.0 Å². The van der Waals surface area contributed by atoms with Crippen molar-refractivity contribution in [2.45, 2.75) is 52.0 Å². The molecule has 6 nitrogen and oxygen atoms in total. The number of amides is 2. The number of halogens is 3. The number of nitrogens with one attached hydrogen (secondary N) is 1. The number of hydrogen-bond donors (Lipinski definition) is 2. The van der Waals surface area contributed by atoms with Crippen LogP contribution in [-0.2, 0) is 19.3 Å². The Bertz CT molecular complexity index is 972. The number of likely N-dealkylation sites (tertiary alicyclic amines) is 1. The summed E-state index contributed by atoms with van der Waals surface area (Å²) in [6.07, 6.45) is -2.91. The van der Waals surface area contributed by atoms with Gasteiger partial charge < -0.3 is 25.0 Å². The Hall–Kier alpha value is -2.94. The molecular formula is C26H34F3N3O3. The minimum atomic E-state index is -4.55. The summed E-state index contributed by atoms with van der Waals surface area (Å²) in [5.74, 6) is 0.629. The maximum atomic E-state index is 13.2. The Balaban J connectivity index is 1.75. The van der Waals surface area contributed by atoms with E-state index < -0.39 is 17.5 Å². The molecule has 3 rings (SSSR count). The maximum Gasteiger partial charge on any atom is 0.416 e. The van der Waals surface area contributed by atoms with Gasteiger partial charge in [0, 0.05) is 18.2 Å². The third kappa shape index (κ3) is 8.06. The van der Waals surface area contributed by atoms with Crippen LogP contribution in [0, 0.1) is 5.92 Å². The topological polar surface area (TPSA) is 65.0 Å². The number of rotatable bonds is 8. The molecule has 1 fully saturated rings. The standard InChI is InChI=1S/C26H34F3N3O3/c1-18(2)17-35-23-8-4-19(5-9-23)15-32(25(34)30-22-10-12-31(3)13-11-22)16-20-6-7-21(14-24(20)33)26(27,28)29/h4-9,14,18,22,33H,10-13,15-17H2,1-3H3,(H,30,34). The van der Waals surface area contributed by atoms with Gasteiger partial charge in [0.05, 0.1) is 18.7 Å². The Morgan fingerprint density at radius 3 is 2.37 bits per heavy atom. The van der Waals surface area contributed by atoms with Crippen molar-refractivity contribution in [1.29, 1.82) is 0 Å². The first-order chi connectivity index (χ1) is 16.5. The molecule has 1 aliphatic rings. The van der Waals surface area contributed by atoms with Gasteiger partial charge in [-0.2, -0.15) is 13.2 Å². The maximum absolute atomic E-state index is 13.2. The van der Waals surface area contributed by atoms with Crippen LogP contribution < -0.4 is 10.1 Å². The molecule has 1 heterocycles. The van der Waals surface area contributed by atoms with Gasteiger partial charge in [0.15, 0.2) is 0 Å². The number of carbonyl (C=O) groups excluding carboxylic acids is 1. The average Bonchev–Trinajstić information content (AvgIpc) is 2.80. The average molecular weight is 494 g/mol. The number of benzene rings is 2. The molecular weight excluding hydrogens is 459 g/mol. The summed E-state index contributed by atoms with van der Waals surface area (Å²) in [7, 11) is 2.03. The third-order valence-electron chi connectivity index (χ3n) is 5.99. The molecule has 2 amide bonds. The molecule has 1 saturated heterocycles. The fourth-order valence-electron chi connectivity index (χ4n) is 3.87. The first-order valence-electron chi connectivity index (χ1n) is 11.9. The number of carbonyl (C=O) groups is 1. The highest BCUT2D eigenvalue weighted by Gasteiger charge is 2.31. The van der Waals surface area contributed by atoms with E-state index in [1.807, 2.05) is 31.3 Å². The van der Waals surface area contributed by atoms with Crippen LogP contribution in [0.25, 0.3) is 0 Å². The molecule has 192 valence electrons. The van der Waals surface area contributed by atoms with Gasteiger partial charge in [0.25, 0.3) is 0 Å². The lowest BCUT2D eigenvalue weighted by atomic mass is 10.1. The van der Waals surface area contributed by atoms with Crippen LogP contribution in [0.4, 0.5) is 18.0 Å². The molecule has 0 radical (unpaired) electrons. The normalized spacial score (nSPS) is 15.3. The van der Waals surface area contributed by atoms with E-state index >= 15 is 0 Å².